The van der Waals surface area contributed by atoms with Gasteiger partial charge in [0.15, 0.2) is 0 Å². The molecule has 0 unspecified atom stereocenters. The molecule has 0 atom stereocenters. The minimum atomic E-state index is -2.08. The van der Waals surface area contributed by atoms with Crippen molar-refractivity contribution in [1.82, 2.24) is 0 Å². The van der Waals surface area contributed by atoms with E-state index in [0.717, 1.165) is 0 Å². The van der Waals surface area contributed by atoms with E-state index in [1.54, 1.807) is 0 Å². The van der Waals surface area contributed by atoms with Crippen molar-refractivity contribution in [1.29, 1.82) is 0 Å². The second kappa shape index (κ2) is 29.4. The molecule has 0 amide bonds. The molecule has 0 aromatic carbocycles. The second-order valence-electron chi connectivity index (χ2n) is 0.798. The van der Waals surface area contributed by atoms with Gasteiger partial charge in [0, 0.05) is 0 Å². The van der Waals surface area contributed by atoms with Gasteiger partial charge in [0.1, 0.15) is 0 Å². The molecule has 76 valence electrons. The molecule has 0 fully saturated rings. The van der Waals surface area contributed by atoms with Gasteiger partial charge in [0.25, 0.3) is 0 Å². The van der Waals surface area contributed by atoms with Gasteiger partial charge in [0.2, 0.25) is 18.5 Å². The van der Waals surface area contributed by atoms with Crippen LogP contribution in [0, 0.1) is 0 Å². The zero-order valence-electron chi connectivity index (χ0n) is 7.00. The summed E-state index contributed by atoms with van der Waals surface area (Å²) in [5, 5.41) is 45.9. The maximum Gasteiger partial charge on any atom is 2.00 e. The van der Waals surface area contributed by atoms with Gasteiger partial charge in [-0.05, 0) is 0 Å². The van der Waals surface area contributed by atoms with Gasteiger partial charge in [-0.15, -0.1) is 0 Å². The summed E-state index contributed by atoms with van der Waals surface area (Å²) < 4.78 is 0. The predicted molar refractivity (Wildman–Crippen MR) is 38.4 cm³/mol. The van der Waals surface area contributed by atoms with Crippen LogP contribution >= 0.6 is 0 Å². The summed E-state index contributed by atoms with van der Waals surface area (Å²) in [5.41, 5.74) is 0. The summed E-state index contributed by atoms with van der Waals surface area (Å²) in [7, 11) is 0. The predicted octanol–water partition coefficient (Wildman–Crippen LogP) is -7.63. The van der Waals surface area contributed by atoms with Crippen LogP contribution in [0.2, 0.25) is 0 Å². The molecule has 0 heterocycles. The Bertz CT molecular complexity index is 123. The van der Waals surface area contributed by atoms with E-state index in [2.05, 4.69) is 0 Å². The van der Waals surface area contributed by atoms with Crippen LogP contribution in [-0.2, 0) is 0 Å². The van der Waals surface area contributed by atoms with E-state index in [4.69, 9.17) is 45.0 Å². The average molecular weight is 272 g/mol. The molecule has 12 heteroatoms. The van der Waals surface area contributed by atoms with Gasteiger partial charge < -0.3 is 45.0 Å². The molecule has 15 heavy (non-hydrogen) atoms. The van der Waals surface area contributed by atoms with Crippen molar-refractivity contribution in [3.63, 3.8) is 0 Å². The minimum absolute atomic E-state index is 0. The van der Waals surface area contributed by atoms with Crippen molar-refractivity contribution in [2.75, 3.05) is 0 Å². The van der Waals surface area contributed by atoms with Crippen LogP contribution in [0.25, 0.3) is 0 Å². The van der Waals surface area contributed by atoms with Crippen molar-refractivity contribution in [2.45, 2.75) is 0 Å². The van der Waals surface area contributed by atoms with E-state index in [-0.39, 0.29) is 90.3 Å². The maximum absolute atomic E-state index is 8.44. The van der Waals surface area contributed by atoms with E-state index >= 15 is 0 Å². The fourth-order valence-corrected chi connectivity index (χ4v) is 0. The number of carbonyl (C=O) groups is 3. The average Bonchev–Trinajstić information content (AvgIpc) is 1.54. The molecule has 0 rings (SSSR count). The molecular formula is C3H5CaMgNaO9. The van der Waals surface area contributed by atoms with E-state index < -0.39 is 18.5 Å². The van der Waals surface area contributed by atoms with Crippen molar-refractivity contribution >= 4 is 79.3 Å². The fourth-order valence-electron chi connectivity index (χ4n) is 0. The van der Waals surface area contributed by atoms with E-state index in [1.807, 2.05) is 0 Å². The van der Waals surface area contributed by atoms with Crippen LogP contribution in [0.3, 0.4) is 0 Å². The Kier molecular flexibility index (Phi) is 70.5. The van der Waals surface area contributed by atoms with Crippen LogP contribution in [0.1, 0.15) is 0 Å². The van der Waals surface area contributed by atoms with Crippen LogP contribution < -0.4 is 44.9 Å². The van der Waals surface area contributed by atoms with Crippen molar-refractivity contribution < 1.29 is 74.6 Å². The first-order valence-corrected chi connectivity index (χ1v) is 1.90. The Morgan fingerprint density at radius 1 is 0.733 bits per heavy atom. The second-order valence-corrected chi connectivity index (χ2v) is 0.798. The van der Waals surface area contributed by atoms with Crippen LogP contribution in [0.4, 0.5) is 14.4 Å². The molecule has 9 nitrogen and oxygen atoms in total. The molecule has 0 radical (unpaired) electrons. The molecule has 0 spiro atoms. The van der Waals surface area contributed by atoms with Gasteiger partial charge in [-0.3, -0.25) is 0 Å². The number of rotatable bonds is 0. The molecule has 0 aliphatic heterocycles. The van der Waals surface area contributed by atoms with Crippen LogP contribution in [-0.4, -0.2) is 94.6 Å². The van der Waals surface area contributed by atoms with Crippen molar-refractivity contribution in [2.24, 2.45) is 0 Å². The van der Waals surface area contributed by atoms with Gasteiger partial charge in [-0.2, -0.15) is 0 Å². The first-order valence-electron chi connectivity index (χ1n) is 1.90. The quantitative estimate of drug-likeness (QED) is 0.360. The van der Waals surface area contributed by atoms with Gasteiger partial charge in [0.05, 0.1) is 0 Å². The Balaban J connectivity index is -0.0000000184. The third-order valence-electron chi connectivity index (χ3n) is 0. The summed E-state index contributed by atoms with van der Waals surface area (Å²) in [4.78, 5) is 25.3. The van der Waals surface area contributed by atoms with Crippen molar-refractivity contribution in [3.8, 4) is 0 Å². The summed E-state index contributed by atoms with van der Waals surface area (Å²) in [6, 6.07) is 0. The summed E-state index contributed by atoms with van der Waals surface area (Å²) in [6.07, 6.45) is -6.25. The summed E-state index contributed by atoms with van der Waals surface area (Å²) in [6.45, 7) is 0. The Hall–Kier alpha value is 0.836. The first kappa shape index (κ1) is 36.0. The summed E-state index contributed by atoms with van der Waals surface area (Å²) in [5.74, 6) is 0. The molecular weight excluding hydrogens is 267 g/mol. The normalized spacial score (nSPS) is 4.80. The van der Waals surface area contributed by atoms with E-state index in [1.165, 1.54) is 0 Å². The molecule has 0 aliphatic rings. The third-order valence-corrected chi connectivity index (χ3v) is 0. The van der Waals surface area contributed by atoms with Crippen molar-refractivity contribution in [3.05, 3.63) is 0 Å². The van der Waals surface area contributed by atoms with Gasteiger partial charge in [-0.1, -0.05) is 0 Å². The third kappa shape index (κ3) is 3500. The SMILES string of the molecule is O=C([O-])O.O=C([O-])O.O=C([O-])O.[CaH2].[Mg+2].[Na+]. The molecule has 0 aromatic heterocycles. The zero-order valence-corrected chi connectivity index (χ0v) is 10.4. The molecule has 0 aromatic rings. The Labute approximate surface area is 152 Å². The van der Waals surface area contributed by atoms with Crippen LogP contribution in [0.15, 0.2) is 0 Å². The molecule has 3 N–H and O–H groups in total. The molecule has 0 aliphatic carbocycles. The molecule has 0 saturated heterocycles. The fraction of sp³-hybridized carbons (Fsp3) is 0. The van der Waals surface area contributed by atoms with Crippen LogP contribution in [0.5, 0.6) is 0 Å². The van der Waals surface area contributed by atoms with Gasteiger partial charge >= 0.3 is 90.3 Å². The monoisotopic (exact) mass is 272 g/mol. The molecule has 0 saturated carbocycles. The van der Waals surface area contributed by atoms with Gasteiger partial charge in [-0.25, -0.2) is 0 Å². The topological polar surface area (TPSA) is 181 Å². The number of hydrogen-bond donors (Lipinski definition) is 3. The maximum atomic E-state index is 8.44. The largest absolute Gasteiger partial charge is 2.00 e. The number of hydrogen-bond acceptors (Lipinski definition) is 6. The molecule has 0 bridgehead atoms. The zero-order chi connectivity index (χ0) is 10.7. The number of carboxylic acid groups (broad SMARTS) is 6. The van der Waals surface area contributed by atoms with E-state index in [0.29, 0.717) is 0 Å². The minimum Gasteiger partial charge on any atom is 1.00 e. The Morgan fingerprint density at radius 3 is 0.733 bits per heavy atom. The summed E-state index contributed by atoms with van der Waals surface area (Å²) >= 11 is 0. The smallest absolute Gasteiger partial charge is 1.00 e. The standard InChI is InChI=1S/3CH2O3.Ca.Mg.Na.2H/c3*2-1(3)4;;;;;/h3*(H2,2,3,4);;;;;/q;;;;+2;+1;;/p-3. The van der Waals surface area contributed by atoms with E-state index in [9.17, 15) is 0 Å². The Morgan fingerprint density at radius 2 is 0.733 bits per heavy atom. The first-order chi connectivity index (χ1) is 5.20.